The molecule has 1 heterocycles. The first-order valence-corrected chi connectivity index (χ1v) is 29.9. The first kappa shape index (κ1) is 66.2. The zero-order valence-electron chi connectivity index (χ0n) is 45.5. The van der Waals surface area contributed by atoms with Crippen LogP contribution in [0.5, 0.6) is 0 Å². The molecule has 0 saturated carbocycles. The van der Waals surface area contributed by atoms with Crippen molar-refractivity contribution in [3.05, 3.63) is 48.6 Å². The SMILES string of the molecule is CCCCCCC/C=C\C/C=C\C/C=C\CCCCCCCCCCCCCCC(=O)NC(COC1OC(CO)C(O)C(O)C1O)C(O)/C=C/CCCCCCCCCCCCCCCCCCCC. The molecule has 1 aliphatic heterocycles. The molecule has 1 aliphatic rings. The van der Waals surface area contributed by atoms with E-state index in [4.69, 9.17) is 9.47 Å². The molecule has 1 amide bonds. The van der Waals surface area contributed by atoms with E-state index in [9.17, 15) is 30.3 Å². The molecule has 0 spiro atoms. The van der Waals surface area contributed by atoms with Crippen LogP contribution in [0.3, 0.4) is 0 Å². The number of aliphatic hydroxyl groups excluding tert-OH is 5. The smallest absolute Gasteiger partial charge is 0.220 e. The van der Waals surface area contributed by atoms with Gasteiger partial charge in [-0.3, -0.25) is 4.79 Å². The molecule has 6 N–H and O–H groups in total. The number of aliphatic hydroxyl groups is 5. The minimum Gasteiger partial charge on any atom is -0.394 e. The Labute approximate surface area is 431 Å². The van der Waals surface area contributed by atoms with Gasteiger partial charge in [0.15, 0.2) is 6.29 Å². The molecule has 0 radical (unpaired) electrons. The van der Waals surface area contributed by atoms with Gasteiger partial charge in [0.2, 0.25) is 5.91 Å². The first-order valence-electron chi connectivity index (χ1n) is 29.9. The summed E-state index contributed by atoms with van der Waals surface area (Å²) in [5.41, 5.74) is 0. The van der Waals surface area contributed by atoms with Crippen LogP contribution in [0.25, 0.3) is 0 Å². The Morgan fingerprint density at radius 2 is 0.843 bits per heavy atom. The minimum absolute atomic E-state index is 0.177. The second-order valence-electron chi connectivity index (χ2n) is 20.8. The van der Waals surface area contributed by atoms with E-state index < -0.39 is 49.5 Å². The van der Waals surface area contributed by atoms with Gasteiger partial charge in [-0.05, 0) is 57.8 Å². The molecule has 7 atom stereocenters. The van der Waals surface area contributed by atoms with Gasteiger partial charge < -0.3 is 40.3 Å². The molecule has 0 aromatic rings. The molecule has 70 heavy (non-hydrogen) atoms. The summed E-state index contributed by atoms with van der Waals surface area (Å²) in [5.74, 6) is -0.177. The van der Waals surface area contributed by atoms with Gasteiger partial charge in [0.05, 0.1) is 25.4 Å². The summed E-state index contributed by atoms with van der Waals surface area (Å²) >= 11 is 0. The van der Waals surface area contributed by atoms with Crippen LogP contribution in [0, 0.1) is 0 Å². The fourth-order valence-electron chi connectivity index (χ4n) is 9.40. The number of hydrogen-bond donors (Lipinski definition) is 6. The van der Waals surface area contributed by atoms with Crippen LogP contribution in [0.15, 0.2) is 48.6 Å². The van der Waals surface area contributed by atoms with Crippen LogP contribution >= 0.6 is 0 Å². The third kappa shape index (κ3) is 39.7. The fraction of sp³-hybridized carbons (Fsp3) is 0.852. The van der Waals surface area contributed by atoms with Gasteiger partial charge in [-0.2, -0.15) is 0 Å². The van der Waals surface area contributed by atoms with Crippen molar-refractivity contribution in [3.63, 3.8) is 0 Å². The van der Waals surface area contributed by atoms with E-state index in [1.807, 2.05) is 6.08 Å². The van der Waals surface area contributed by atoms with Gasteiger partial charge in [-0.15, -0.1) is 0 Å². The summed E-state index contributed by atoms with van der Waals surface area (Å²) < 4.78 is 11.3. The maximum atomic E-state index is 13.1. The second-order valence-corrected chi connectivity index (χ2v) is 20.8. The van der Waals surface area contributed by atoms with Gasteiger partial charge in [0.1, 0.15) is 24.4 Å². The summed E-state index contributed by atoms with van der Waals surface area (Å²) in [5, 5.41) is 54.6. The van der Waals surface area contributed by atoms with Crippen molar-refractivity contribution < 1.29 is 39.8 Å². The van der Waals surface area contributed by atoms with E-state index in [1.165, 1.54) is 205 Å². The molecule has 1 rings (SSSR count). The minimum atomic E-state index is -1.57. The normalized spacial score (nSPS) is 19.7. The fourth-order valence-corrected chi connectivity index (χ4v) is 9.40. The summed E-state index contributed by atoms with van der Waals surface area (Å²) in [6.45, 7) is 3.79. The Morgan fingerprint density at radius 1 is 0.486 bits per heavy atom. The molecule has 410 valence electrons. The molecule has 1 saturated heterocycles. The topological polar surface area (TPSA) is 149 Å². The highest BCUT2D eigenvalue weighted by Gasteiger charge is 2.44. The van der Waals surface area contributed by atoms with E-state index >= 15 is 0 Å². The monoisotopic (exact) mass is 988 g/mol. The van der Waals surface area contributed by atoms with Crippen LogP contribution in [0.1, 0.15) is 277 Å². The molecule has 0 aromatic carbocycles. The summed E-state index contributed by atoms with van der Waals surface area (Å²) in [4.78, 5) is 13.1. The molecule has 0 aliphatic carbocycles. The average molecular weight is 989 g/mol. The molecule has 9 heteroatoms. The molecule has 0 aromatic heterocycles. The molecule has 0 bridgehead atoms. The molecular weight excluding hydrogens is 875 g/mol. The Hall–Kier alpha value is -1.85. The number of ether oxygens (including phenoxy) is 2. The Balaban J connectivity index is 2.21. The number of unbranched alkanes of at least 4 members (excludes halogenated alkanes) is 35. The highest BCUT2D eigenvalue weighted by Crippen LogP contribution is 2.23. The van der Waals surface area contributed by atoms with E-state index in [1.54, 1.807) is 6.08 Å². The first-order chi connectivity index (χ1) is 34.3. The summed E-state index contributed by atoms with van der Waals surface area (Å²) in [6.07, 6.45) is 60.3. The van der Waals surface area contributed by atoms with Gasteiger partial charge in [-0.1, -0.05) is 262 Å². The highest BCUT2D eigenvalue weighted by atomic mass is 16.7. The van der Waals surface area contributed by atoms with Crippen LogP contribution in [-0.2, 0) is 14.3 Å². The van der Waals surface area contributed by atoms with Crippen LogP contribution < -0.4 is 5.32 Å². The zero-order valence-corrected chi connectivity index (χ0v) is 45.5. The molecule has 7 unspecified atom stereocenters. The lowest BCUT2D eigenvalue weighted by atomic mass is 9.99. The number of amides is 1. The Kier molecular flexibility index (Phi) is 47.9. The lowest BCUT2D eigenvalue weighted by Gasteiger charge is -2.40. The average Bonchev–Trinajstić information content (AvgIpc) is 3.36. The van der Waals surface area contributed by atoms with Crippen molar-refractivity contribution in [2.75, 3.05) is 13.2 Å². The number of allylic oxidation sites excluding steroid dienone is 7. The van der Waals surface area contributed by atoms with Gasteiger partial charge in [-0.25, -0.2) is 0 Å². The number of nitrogens with one attached hydrogen (secondary N) is 1. The largest absolute Gasteiger partial charge is 0.394 e. The van der Waals surface area contributed by atoms with Crippen molar-refractivity contribution in [1.29, 1.82) is 0 Å². The lowest BCUT2D eigenvalue weighted by Crippen LogP contribution is -2.60. The predicted octanol–water partition coefficient (Wildman–Crippen LogP) is 14.9. The van der Waals surface area contributed by atoms with Gasteiger partial charge in [0.25, 0.3) is 0 Å². The second kappa shape index (κ2) is 50.7. The third-order valence-electron chi connectivity index (χ3n) is 14.1. The van der Waals surface area contributed by atoms with E-state index in [0.717, 1.165) is 51.4 Å². The van der Waals surface area contributed by atoms with Crippen molar-refractivity contribution in [1.82, 2.24) is 5.32 Å². The molecule has 9 nitrogen and oxygen atoms in total. The quantitative estimate of drug-likeness (QED) is 0.0261. The highest BCUT2D eigenvalue weighted by molar-refractivity contribution is 5.76. The van der Waals surface area contributed by atoms with Crippen molar-refractivity contribution >= 4 is 5.91 Å². The molecular formula is C61H113NO8. The van der Waals surface area contributed by atoms with Crippen LogP contribution in [0.4, 0.5) is 0 Å². The van der Waals surface area contributed by atoms with Gasteiger partial charge >= 0.3 is 0 Å². The lowest BCUT2D eigenvalue weighted by molar-refractivity contribution is -0.302. The summed E-state index contributed by atoms with van der Waals surface area (Å²) in [6, 6.07) is -0.807. The Bertz CT molecular complexity index is 1240. The van der Waals surface area contributed by atoms with E-state index in [-0.39, 0.29) is 12.5 Å². The zero-order chi connectivity index (χ0) is 50.8. The van der Waals surface area contributed by atoms with Crippen molar-refractivity contribution in [3.8, 4) is 0 Å². The number of carbonyl (C=O) groups is 1. The van der Waals surface area contributed by atoms with Crippen LogP contribution in [0.2, 0.25) is 0 Å². The maximum Gasteiger partial charge on any atom is 0.220 e. The molecule has 1 fully saturated rings. The summed E-state index contributed by atoms with van der Waals surface area (Å²) in [7, 11) is 0. The number of rotatable bonds is 51. The van der Waals surface area contributed by atoms with Crippen LogP contribution in [-0.4, -0.2) is 87.5 Å². The third-order valence-corrected chi connectivity index (χ3v) is 14.1. The van der Waals surface area contributed by atoms with E-state index in [2.05, 4.69) is 55.6 Å². The maximum absolute atomic E-state index is 13.1. The van der Waals surface area contributed by atoms with Gasteiger partial charge in [0, 0.05) is 6.42 Å². The predicted molar refractivity (Wildman–Crippen MR) is 295 cm³/mol. The van der Waals surface area contributed by atoms with Crippen molar-refractivity contribution in [2.24, 2.45) is 0 Å². The standard InChI is InChI=1S/C61H113NO8/c1-3-5-7-9-11-13-15-17-19-21-23-25-26-27-28-29-30-31-33-35-37-39-41-43-45-47-49-51-57(65)62-54(53-69-61-60(68)59(67)58(66)56(52-63)70-61)55(64)50-48-46-44-42-40-38-36-34-32-24-22-20-18-16-14-12-10-8-6-4-2/h15,17,21,23,26-27,48,50,54-56,58-61,63-64,66-68H,3-14,16,18-20,22,24-25,28-47,49,51-53H2,1-2H3,(H,62,65)/b17-15-,23-21-,27-26-,50-48+. The van der Waals surface area contributed by atoms with E-state index in [0.29, 0.717) is 6.42 Å². The number of hydrogen-bond acceptors (Lipinski definition) is 8. The Morgan fingerprint density at radius 3 is 1.24 bits per heavy atom. The van der Waals surface area contributed by atoms with Crippen molar-refractivity contribution in [2.45, 2.75) is 320 Å². The number of carbonyl (C=O) groups excluding carboxylic acids is 1.